The number of hydrogen-bond acceptors (Lipinski definition) is 3. The number of fused-ring (bicyclic) bond motifs is 1. The normalized spacial score (nSPS) is 21.2. The van der Waals surface area contributed by atoms with Crippen molar-refractivity contribution < 1.29 is 4.90 Å². The number of aromatic nitrogens is 2. The molecule has 1 aliphatic heterocycles. The number of nitrogens with one attached hydrogen (secondary N) is 2. The maximum atomic E-state index is 12.7. The predicted molar refractivity (Wildman–Crippen MR) is 98.5 cm³/mol. The topological polar surface area (TPSA) is 50.2 Å². The summed E-state index contributed by atoms with van der Waals surface area (Å²) in [6.07, 6.45) is 3.85. The fourth-order valence-corrected chi connectivity index (χ4v) is 4.60. The Hall–Kier alpha value is -1.98. The van der Waals surface area contributed by atoms with Crippen molar-refractivity contribution in [3.8, 4) is 11.1 Å². The first-order valence-corrected chi connectivity index (χ1v) is 9.51. The lowest BCUT2D eigenvalue weighted by Gasteiger charge is -2.29. The zero-order valence-electron chi connectivity index (χ0n) is 13.8. The molecule has 2 atom stereocenters. The molecular weight excluding hydrogens is 318 g/mol. The molecule has 0 spiro atoms. The van der Waals surface area contributed by atoms with Gasteiger partial charge in [-0.3, -0.25) is 4.79 Å². The van der Waals surface area contributed by atoms with E-state index in [0.29, 0.717) is 6.04 Å². The van der Waals surface area contributed by atoms with Crippen LogP contribution in [0.25, 0.3) is 21.3 Å². The van der Waals surface area contributed by atoms with Gasteiger partial charge < -0.3 is 9.88 Å². The van der Waals surface area contributed by atoms with Gasteiger partial charge in [-0.15, -0.1) is 11.3 Å². The molecule has 0 amide bonds. The van der Waals surface area contributed by atoms with E-state index in [1.54, 1.807) is 11.3 Å². The summed E-state index contributed by atoms with van der Waals surface area (Å²) in [5, 5.41) is 2.76. The third-order valence-corrected chi connectivity index (χ3v) is 5.93. The van der Waals surface area contributed by atoms with Crippen LogP contribution in [-0.2, 0) is 6.54 Å². The molecule has 1 aliphatic rings. The van der Waals surface area contributed by atoms with Crippen LogP contribution >= 0.6 is 11.3 Å². The van der Waals surface area contributed by atoms with E-state index >= 15 is 0 Å². The van der Waals surface area contributed by atoms with Gasteiger partial charge in [-0.05, 0) is 31.7 Å². The molecular formula is C19H22N3OS+. The Morgan fingerprint density at radius 1 is 1.29 bits per heavy atom. The lowest BCUT2D eigenvalue weighted by Crippen LogP contribution is -3.15. The molecule has 2 aromatic heterocycles. The number of piperidine rings is 1. The minimum atomic E-state index is -0.0147. The summed E-state index contributed by atoms with van der Waals surface area (Å²) in [6, 6.07) is 10.7. The van der Waals surface area contributed by atoms with E-state index in [0.717, 1.165) is 33.7 Å². The van der Waals surface area contributed by atoms with Crippen molar-refractivity contribution in [3.63, 3.8) is 0 Å². The van der Waals surface area contributed by atoms with Crippen molar-refractivity contribution >= 4 is 21.6 Å². The van der Waals surface area contributed by atoms with Crippen molar-refractivity contribution in [3.05, 3.63) is 51.9 Å². The fraction of sp³-hybridized carbons (Fsp3) is 0.368. The van der Waals surface area contributed by atoms with Crippen molar-refractivity contribution in [2.45, 2.75) is 38.8 Å². The van der Waals surface area contributed by atoms with Gasteiger partial charge in [-0.2, -0.15) is 0 Å². The first-order chi connectivity index (χ1) is 11.7. The van der Waals surface area contributed by atoms with Crippen LogP contribution in [0.15, 0.2) is 40.5 Å². The molecule has 4 nitrogen and oxygen atoms in total. The average Bonchev–Trinajstić information content (AvgIpc) is 3.02. The summed E-state index contributed by atoms with van der Waals surface area (Å²) in [5.41, 5.74) is 2.04. The highest BCUT2D eigenvalue weighted by molar-refractivity contribution is 7.17. The van der Waals surface area contributed by atoms with E-state index in [9.17, 15) is 4.79 Å². The summed E-state index contributed by atoms with van der Waals surface area (Å²) in [4.78, 5) is 22.8. The SMILES string of the molecule is C[C@H]1CCCC[NH+]1Cc1nc2scc(-c3ccccc3)c2c(=O)[nH]1. The standard InChI is InChI=1S/C19H21N3OS/c1-13-7-5-6-10-22(13)11-16-20-18(23)17-15(12-24-19(17)21-16)14-8-3-2-4-9-14/h2-4,8-9,12-13H,5-7,10-11H2,1H3,(H,20,21,23)/p+1/t13-/m0/s1. The molecule has 4 rings (SSSR count). The van der Waals surface area contributed by atoms with Crippen LogP contribution in [0.5, 0.6) is 0 Å². The molecule has 3 heterocycles. The average molecular weight is 340 g/mol. The highest BCUT2D eigenvalue weighted by atomic mass is 32.1. The van der Waals surface area contributed by atoms with Crippen LogP contribution in [0.2, 0.25) is 0 Å². The van der Waals surface area contributed by atoms with Gasteiger partial charge in [0.05, 0.1) is 18.0 Å². The van der Waals surface area contributed by atoms with Gasteiger partial charge in [0.2, 0.25) is 0 Å². The molecule has 3 aromatic rings. The number of aromatic amines is 1. The van der Waals surface area contributed by atoms with E-state index in [1.165, 1.54) is 30.7 Å². The Labute approximate surface area is 145 Å². The van der Waals surface area contributed by atoms with Crippen molar-refractivity contribution in [2.24, 2.45) is 0 Å². The monoisotopic (exact) mass is 340 g/mol. The van der Waals surface area contributed by atoms with E-state index < -0.39 is 0 Å². The molecule has 124 valence electrons. The van der Waals surface area contributed by atoms with Gasteiger partial charge in [0.25, 0.3) is 5.56 Å². The Morgan fingerprint density at radius 2 is 2.12 bits per heavy atom. The molecule has 0 aliphatic carbocycles. The van der Waals surface area contributed by atoms with Gasteiger partial charge in [0.15, 0.2) is 5.82 Å². The van der Waals surface area contributed by atoms with Crippen LogP contribution < -0.4 is 10.5 Å². The largest absolute Gasteiger partial charge is 0.326 e. The summed E-state index contributed by atoms with van der Waals surface area (Å²) >= 11 is 1.56. The Balaban J connectivity index is 1.70. The first-order valence-electron chi connectivity index (χ1n) is 8.63. The summed E-state index contributed by atoms with van der Waals surface area (Å²) in [6.45, 7) is 4.28. The van der Waals surface area contributed by atoms with Crippen LogP contribution in [0.3, 0.4) is 0 Å². The van der Waals surface area contributed by atoms with Gasteiger partial charge in [0, 0.05) is 10.9 Å². The molecule has 5 heteroatoms. The number of hydrogen-bond donors (Lipinski definition) is 2. The number of likely N-dealkylation sites (tertiary alicyclic amines) is 1. The molecule has 0 radical (unpaired) electrons. The highest BCUT2D eigenvalue weighted by Crippen LogP contribution is 2.30. The second-order valence-electron chi connectivity index (χ2n) is 6.69. The van der Waals surface area contributed by atoms with Gasteiger partial charge in [0.1, 0.15) is 11.4 Å². The molecule has 1 aromatic carbocycles. The highest BCUT2D eigenvalue weighted by Gasteiger charge is 2.23. The van der Waals surface area contributed by atoms with Crippen molar-refractivity contribution in [2.75, 3.05) is 6.54 Å². The zero-order chi connectivity index (χ0) is 16.5. The quantitative estimate of drug-likeness (QED) is 0.770. The number of rotatable bonds is 3. The van der Waals surface area contributed by atoms with E-state index in [2.05, 4.69) is 11.9 Å². The lowest BCUT2D eigenvalue weighted by molar-refractivity contribution is -0.942. The smallest absolute Gasteiger partial charge is 0.260 e. The van der Waals surface area contributed by atoms with Crippen LogP contribution in [0, 0.1) is 0 Å². The van der Waals surface area contributed by atoms with Crippen molar-refractivity contribution in [1.82, 2.24) is 9.97 Å². The summed E-state index contributed by atoms with van der Waals surface area (Å²) in [5.74, 6) is 0.817. The molecule has 0 saturated carbocycles. The Morgan fingerprint density at radius 3 is 2.92 bits per heavy atom. The minimum Gasteiger partial charge on any atom is -0.326 e. The van der Waals surface area contributed by atoms with E-state index in [1.807, 2.05) is 35.7 Å². The maximum Gasteiger partial charge on any atom is 0.260 e. The third-order valence-electron chi connectivity index (χ3n) is 5.05. The number of H-pyrrole nitrogens is 1. The number of nitrogens with zero attached hydrogens (tertiary/aromatic N) is 1. The third kappa shape index (κ3) is 2.89. The van der Waals surface area contributed by atoms with Crippen LogP contribution in [0.4, 0.5) is 0 Å². The predicted octanol–water partition coefficient (Wildman–Crippen LogP) is 2.61. The maximum absolute atomic E-state index is 12.7. The molecule has 2 N–H and O–H groups in total. The zero-order valence-corrected chi connectivity index (χ0v) is 14.7. The molecule has 1 unspecified atom stereocenters. The second-order valence-corrected chi connectivity index (χ2v) is 7.55. The van der Waals surface area contributed by atoms with Crippen LogP contribution in [-0.4, -0.2) is 22.6 Å². The first kappa shape index (κ1) is 15.5. The van der Waals surface area contributed by atoms with Crippen molar-refractivity contribution in [1.29, 1.82) is 0 Å². The van der Waals surface area contributed by atoms with Gasteiger partial charge in [-0.25, -0.2) is 4.98 Å². The van der Waals surface area contributed by atoms with Gasteiger partial charge in [-0.1, -0.05) is 30.3 Å². The molecule has 24 heavy (non-hydrogen) atoms. The minimum absolute atomic E-state index is 0.0147. The second kappa shape index (κ2) is 6.49. The lowest BCUT2D eigenvalue weighted by atomic mass is 10.0. The number of benzene rings is 1. The van der Waals surface area contributed by atoms with Gasteiger partial charge >= 0.3 is 0 Å². The molecule has 0 bridgehead atoms. The van der Waals surface area contributed by atoms with E-state index in [-0.39, 0.29) is 5.56 Å². The number of quaternary nitrogens is 1. The van der Waals surface area contributed by atoms with Crippen LogP contribution in [0.1, 0.15) is 32.0 Å². The summed E-state index contributed by atoms with van der Waals surface area (Å²) in [7, 11) is 0. The number of thiophene rings is 1. The Kier molecular flexibility index (Phi) is 4.21. The summed E-state index contributed by atoms with van der Waals surface area (Å²) < 4.78 is 0. The fourth-order valence-electron chi connectivity index (χ4n) is 3.64. The van der Waals surface area contributed by atoms with E-state index in [4.69, 9.17) is 4.98 Å². The molecule has 1 fully saturated rings. The Bertz CT molecular complexity index is 900. The molecule has 1 saturated heterocycles.